The fourth-order valence-corrected chi connectivity index (χ4v) is 3.34. The van der Waals surface area contributed by atoms with Gasteiger partial charge in [0.25, 0.3) is 5.91 Å². The van der Waals surface area contributed by atoms with Crippen LogP contribution in [0.25, 0.3) is 5.69 Å². The SMILES string of the molecule is O=C(c1ccccc1-n1cccn1)N1CCC[C@H]1Cn1cccn1. The Bertz CT molecular complexity index is 810. The molecule has 1 amide bonds. The summed E-state index contributed by atoms with van der Waals surface area (Å²) in [6.45, 7) is 1.53. The maximum absolute atomic E-state index is 13.2. The van der Waals surface area contributed by atoms with Crippen LogP contribution in [0, 0.1) is 0 Å². The van der Waals surface area contributed by atoms with Crippen molar-refractivity contribution in [2.75, 3.05) is 6.54 Å². The average Bonchev–Trinajstić information content (AvgIpc) is 3.37. The molecule has 6 nitrogen and oxygen atoms in total. The molecular formula is C18H19N5O. The Hall–Kier alpha value is -2.89. The average molecular weight is 321 g/mol. The number of nitrogens with zero attached hydrogens (tertiary/aromatic N) is 5. The Labute approximate surface area is 140 Å². The minimum atomic E-state index is 0.0655. The third-order valence-electron chi connectivity index (χ3n) is 4.48. The van der Waals surface area contributed by atoms with Gasteiger partial charge in [-0.15, -0.1) is 0 Å². The minimum Gasteiger partial charge on any atom is -0.334 e. The van der Waals surface area contributed by atoms with Crippen LogP contribution in [0.1, 0.15) is 23.2 Å². The van der Waals surface area contributed by atoms with Gasteiger partial charge in [-0.2, -0.15) is 10.2 Å². The van der Waals surface area contributed by atoms with Crippen molar-refractivity contribution in [2.24, 2.45) is 0 Å². The first-order valence-electron chi connectivity index (χ1n) is 8.20. The van der Waals surface area contributed by atoms with Crippen LogP contribution >= 0.6 is 0 Å². The Morgan fingerprint density at radius 1 is 1.08 bits per heavy atom. The molecule has 0 aliphatic carbocycles. The zero-order valence-electron chi connectivity index (χ0n) is 13.3. The van der Waals surface area contributed by atoms with Gasteiger partial charge in [0.2, 0.25) is 0 Å². The molecule has 1 aromatic carbocycles. The zero-order valence-corrected chi connectivity index (χ0v) is 13.3. The van der Waals surface area contributed by atoms with Crippen molar-refractivity contribution in [1.82, 2.24) is 24.5 Å². The molecular weight excluding hydrogens is 302 g/mol. The summed E-state index contributed by atoms with van der Waals surface area (Å²) in [5.41, 5.74) is 1.51. The van der Waals surface area contributed by atoms with Crippen LogP contribution < -0.4 is 0 Å². The van der Waals surface area contributed by atoms with Gasteiger partial charge in [-0.05, 0) is 37.1 Å². The van der Waals surface area contributed by atoms with E-state index in [0.717, 1.165) is 31.6 Å². The minimum absolute atomic E-state index is 0.0655. The molecule has 2 aromatic heterocycles. The van der Waals surface area contributed by atoms with Gasteiger partial charge in [-0.1, -0.05) is 12.1 Å². The van der Waals surface area contributed by atoms with Crippen LogP contribution in [0.5, 0.6) is 0 Å². The highest BCUT2D eigenvalue weighted by Gasteiger charge is 2.31. The van der Waals surface area contributed by atoms with Gasteiger partial charge in [-0.25, -0.2) is 4.68 Å². The molecule has 1 saturated heterocycles. The van der Waals surface area contributed by atoms with E-state index in [0.29, 0.717) is 5.56 Å². The van der Waals surface area contributed by atoms with Crippen molar-refractivity contribution < 1.29 is 4.79 Å². The van der Waals surface area contributed by atoms with Crippen molar-refractivity contribution in [3.05, 3.63) is 66.7 Å². The Morgan fingerprint density at radius 2 is 1.92 bits per heavy atom. The summed E-state index contributed by atoms with van der Waals surface area (Å²) in [6.07, 6.45) is 9.33. The number of carbonyl (C=O) groups is 1. The second-order valence-corrected chi connectivity index (χ2v) is 5.99. The molecule has 24 heavy (non-hydrogen) atoms. The van der Waals surface area contributed by atoms with Crippen molar-refractivity contribution in [3.63, 3.8) is 0 Å². The first-order valence-corrected chi connectivity index (χ1v) is 8.20. The molecule has 0 radical (unpaired) electrons. The molecule has 0 unspecified atom stereocenters. The molecule has 6 heteroatoms. The van der Waals surface area contributed by atoms with E-state index in [4.69, 9.17) is 0 Å². The highest BCUT2D eigenvalue weighted by Crippen LogP contribution is 2.24. The van der Waals surface area contributed by atoms with Gasteiger partial charge in [0.15, 0.2) is 0 Å². The van der Waals surface area contributed by atoms with Crippen LogP contribution in [-0.2, 0) is 6.54 Å². The summed E-state index contributed by atoms with van der Waals surface area (Å²) < 4.78 is 3.64. The largest absolute Gasteiger partial charge is 0.334 e. The van der Waals surface area contributed by atoms with E-state index in [-0.39, 0.29) is 11.9 Å². The number of hydrogen-bond acceptors (Lipinski definition) is 3. The number of hydrogen-bond donors (Lipinski definition) is 0. The fourth-order valence-electron chi connectivity index (χ4n) is 3.34. The second kappa shape index (κ2) is 6.31. The van der Waals surface area contributed by atoms with E-state index in [2.05, 4.69) is 10.2 Å². The van der Waals surface area contributed by atoms with Gasteiger partial charge >= 0.3 is 0 Å². The van der Waals surface area contributed by atoms with Gasteiger partial charge in [0, 0.05) is 31.3 Å². The number of amides is 1. The summed E-state index contributed by atoms with van der Waals surface area (Å²) in [7, 11) is 0. The third-order valence-corrected chi connectivity index (χ3v) is 4.48. The lowest BCUT2D eigenvalue weighted by molar-refractivity contribution is 0.0721. The normalized spacial score (nSPS) is 17.3. The number of carbonyl (C=O) groups excluding carboxylic acids is 1. The monoisotopic (exact) mass is 321 g/mol. The standard InChI is InChI=1S/C18H19N5O/c24-18(16-7-1-2-8-17(16)23-13-5-10-20-23)22-12-3-6-15(22)14-21-11-4-9-19-21/h1-2,4-5,7-11,13,15H,3,6,12,14H2/t15-/m0/s1. The molecule has 3 aromatic rings. The lowest BCUT2D eigenvalue weighted by Gasteiger charge is -2.25. The first kappa shape index (κ1) is 14.7. The van der Waals surface area contributed by atoms with Gasteiger partial charge in [0.05, 0.1) is 23.8 Å². The lowest BCUT2D eigenvalue weighted by atomic mass is 10.1. The second-order valence-electron chi connectivity index (χ2n) is 5.99. The molecule has 0 spiro atoms. The number of benzene rings is 1. The van der Waals surface area contributed by atoms with Crippen LogP contribution in [0.3, 0.4) is 0 Å². The predicted octanol–water partition coefficient (Wildman–Crippen LogP) is 2.37. The molecule has 1 fully saturated rings. The van der Waals surface area contributed by atoms with E-state index >= 15 is 0 Å². The molecule has 1 atom stereocenters. The summed E-state index contributed by atoms with van der Waals surface area (Å²) in [4.78, 5) is 15.1. The fraction of sp³-hybridized carbons (Fsp3) is 0.278. The molecule has 0 N–H and O–H groups in total. The molecule has 0 bridgehead atoms. The maximum atomic E-state index is 13.2. The van der Waals surface area contributed by atoms with Crippen LogP contribution in [-0.4, -0.2) is 43.0 Å². The molecule has 122 valence electrons. The van der Waals surface area contributed by atoms with Crippen molar-refractivity contribution in [3.8, 4) is 5.69 Å². The summed E-state index contributed by atoms with van der Waals surface area (Å²) in [5, 5.41) is 8.54. The Kier molecular flexibility index (Phi) is 3.86. The molecule has 0 saturated carbocycles. The summed E-state index contributed by atoms with van der Waals surface area (Å²) in [5.74, 6) is 0.0655. The maximum Gasteiger partial charge on any atom is 0.256 e. The Morgan fingerprint density at radius 3 is 2.71 bits per heavy atom. The number of rotatable bonds is 4. The topological polar surface area (TPSA) is 56.0 Å². The van der Waals surface area contributed by atoms with E-state index in [1.807, 2.05) is 58.4 Å². The third kappa shape index (κ3) is 2.71. The van der Waals surface area contributed by atoms with Gasteiger partial charge < -0.3 is 4.90 Å². The van der Waals surface area contributed by atoms with Crippen molar-refractivity contribution in [1.29, 1.82) is 0 Å². The number of para-hydroxylation sites is 1. The summed E-state index contributed by atoms with van der Waals surface area (Å²) in [6, 6.07) is 11.6. The predicted molar refractivity (Wildman–Crippen MR) is 89.8 cm³/mol. The van der Waals surface area contributed by atoms with E-state index in [9.17, 15) is 4.79 Å². The van der Waals surface area contributed by atoms with Crippen molar-refractivity contribution in [2.45, 2.75) is 25.4 Å². The highest BCUT2D eigenvalue weighted by molar-refractivity contribution is 5.98. The number of likely N-dealkylation sites (tertiary alicyclic amines) is 1. The smallest absolute Gasteiger partial charge is 0.256 e. The van der Waals surface area contributed by atoms with E-state index < -0.39 is 0 Å². The van der Waals surface area contributed by atoms with Crippen molar-refractivity contribution >= 4 is 5.91 Å². The van der Waals surface area contributed by atoms with E-state index in [1.165, 1.54) is 0 Å². The number of aromatic nitrogens is 4. The molecule has 1 aliphatic heterocycles. The molecule has 1 aliphatic rings. The molecule has 4 rings (SSSR count). The van der Waals surface area contributed by atoms with Crippen LogP contribution in [0.15, 0.2) is 61.2 Å². The first-order chi connectivity index (χ1) is 11.8. The van der Waals surface area contributed by atoms with Gasteiger partial charge in [-0.3, -0.25) is 9.48 Å². The lowest BCUT2D eigenvalue weighted by Crippen LogP contribution is -2.38. The van der Waals surface area contributed by atoms with E-state index in [1.54, 1.807) is 17.1 Å². The zero-order chi connectivity index (χ0) is 16.4. The van der Waals surface area contributed by atoms with Crippen LogP contribution in [0.2, 0.25) is 0 Å². The van der Waals surface area contributed by atoms with Gasteiger partial charge in [0.1, 0.15) is 0 Å². The quantitative estimate of drug-likeness (QED) is 0.741. The Balaban J connectivity index is 1.61. The summed E-state index contributed by atoms with van der Waals surface area (Å²) >= 11 is 0. The highest BCUT2D eigenvalue weighted by atomic mass is 16.2. The molecule has 3 heterocycles. The van der Waals surface area contributed by atoms with Crippen LogP contribution in [0.4, 0.5) is 0 Å².